The minimum Gasteiger partial charge on any atom is -0.540 e. The number of thiazole rings is 1. The molecule has 1 unspecified atom stereocenters. The van der Waals surface area contributed by atoms with Crippen molar-refractivity contribution in [3.05, 3.63) is 47.0 Å². The molecule has 1 N–H and O–H groups in total. The highest BCUT2D eigenvalue weighted by Gasteiger charge is 2.37. The summed E-state index contributed by atoms with van der Waals surface area (Å²) in [4.78, 5) is 28.9. The zero-order valence-corrected chi connectivity index (χ0v) is 12.8. The lowest BCUT2D eigenvalue weighted by Crippen LogP contribution is -2.29. The number of nitrogens with zero attached hydrogens (tertiary/aromatic N) is 2. The Balaban J connectivity index is 1.76. The maximum atomic E-state index is 12.1. The van der Waals surface area contributed by atoms with Crippen LogP contribution in [0.15, 0.2) is 36.5 Å². The van der Waals surface area contributed by atoms with Crippen LogP contribution in [0.2, 0.25) is 0 Å². The molecule has 7 heteroatoms. The lowest BCUT2D eigenvalue weighted by atomic mass is 10.1. The smallest absolute Gasteiger partial charge is 0.351 e. The SMILES string of the molecule is C[s+]1c(C(=O)[O-])cnc1N1C[C@@H](Cc2ccccc2)NC1=O. The maximum absolute atomic E-state index is 12.1. The van der Waals surface area contributed by atoms with E-state index in [1.165, 1.54) is 11.1 Å². The fraction of sp³-hybridized carbons (Fsp3) is 0.267. The number of aromatic carboxylic acids is 1. The molecule has 1 aliphatic heterocycles. The standard InChI is InChI=1S/C15H15N3O3S/c1-22-12(13(19)20)8-16-15(22)18-9-11(17-14(18)21)7-10-5-3-2-4-6-10/h2-6,8,11H,7,9H2,1H3,(H-,17,19,20,21)/t11-,22?/m1/s1. The Kier molecular flexibility index (Phi) is 3.81. The number of carbonyl (C=O) groups is 2. The number of carboxylic acids is 1. The van der Waals surface area contributed by atoms with Crippen LogP contribution in [-0.4, -0.2) is 29.6 Å². The van der Waals surface area contributed by atoms with Gasteiger partial charge in [-0.2, -0.15) is 4.98 Å². The summed E-state index contributed by atoms with van der Waals surface area (Å²) in [5.74, 6) is -1.23. The summed E-state index contributed by atoms with van der Waals surface area (Å²) in [6.45, 7) is 0.484. The van der Waals surface area contributed by atoms with Gasteiger partial charge in [-0.25, -0.2) is 9.69 Å². The molecule has 1 fully saturated rings. The number of carboxylic acid groups (broad SMARTS) is 1. The first-order chi connectivity index (χ1) is 10.6. The predicted octanol–water partition coefficient (Wildman–Crippen LogP) is 0.872. The van der Waals surface area contributed by atoms with Crippen LogP contribution >= 0.6 is 10.5 Å². The third-order valence-electron chi connectivity index (χ3n) is 3.63. The summed E-state index contributed by atoms with van der Waals surface area (Å²) < 4.78 is 0. The van der Waals surface area contributed by atoms with E-state index >= 15 is 0 Å². The molecule has 22 heavy (non-hydrogen) atoms. The van der Waals surface area contributed by atoms with Crippen LogP contribution in [0.3, 0.4) is 0 Å². The van der Waals surface area contributed by atoms with Crippen LogP contribution < -0.4 is 15.3 Å². The Morgan fingerprint density at radius 3 is 2.82 bits per heavy atom. The monoisotopic (exact) mass is 317 g/mol. The second-order valence-corrected chi connectivity index (χ2v) is 6.98. The molecule has 2 amide bonds. The van der Waals surface area contributed by atoms with Crippen molar-refractivity contribution < 1.29 is 14.7 Å². The first-order valence-electron chi connectivity index (χ1n) is 6.83. The zero-order chi connectivity index (χ0) is 15.7. The Morgan fingerprint density at radius 2 is 2.18 bits per heavy atom. The van der Waals surface area contributed by atoms with Gasteiger partial charge in [0.1, 0.15) is 12.2 Å². The zero-order valence-electron chi connectivity index (χ0n) is 12.0. The molecular weight excluding hydrogens is 302 g/mol. The van der Waals surface area contributed by atoms with Crippen molar-refractivity contribution in [2.45, 2.75) is 12.5 Å². The summed E-state index contributed by atoms with van der Waals surface area (Å²) in [6, 6.07) is 9.67. The van der Waals surface area contributed by atoms with Crippen molar-refractivity contribution in [2.24, 2.45) is 6.26 Å². The lowest BCUT2D eigenvalue weighted by molar-refractivity contribution is -0.254. The van der Waals surface area contributed by atoms with Crippen LogP contribution in [0.25, 0.3) is 0 Å². The Bertz CT molecular complexity index is 714. The molecule has 1 aromatic carbocycles. The number of amides is 2. The molecule has 1 aliphatic rings. The van der Waals surface area contributed by atoms with Gasteiger partial charge in [0.2, 0.25) is 4.88 Å². The van der Waals surface area contributed by atoms with Crippen molar-refractivity contribution in [3.63, 3.8) is 0 Å². The molecule has 2 heterocycles. The highest BCUT2D eigenvalue weighted by atomic mass is 32.2. The highest BCUT2D eigenvalue weighted by Crippen LogP contribution is 2.34. The largest absolute Gasteiger partial charge is 0.540 e. The van der Waals surface area contributed by atoms with E-state index in [0.717, 1.165) is 12.0 Å². The van der Waals surface area contributed by atoms with Gasteiger partial charge < -0.3 is 15.2 Å². The average Bonchev–Trinajstić information content (AvgIpc) is 3.03. The molecule has 1 saturated heterocycles. The van der Waals surface area contributed by atoms with E-state index in [0.29, 0.717) is 11.7 Å². The summed E-state index contributed by atoms with van der Waals surface area (Å²) in [5, 5.41) is 14.4. The summed E-state index contributed by atoms with van der Waals surface area (Å²) in [7, 11) is -0.736. The van der Waals surface area contributed by atoms with E-state index in [-0.39, 0.29) is 17.0 Å². The van der Waals surface area contributed by atoms with Gasteiger partial charge in [0, 0.05) is 10.5 Å². The van der Waals surface area contributed by atoms with Crippen LogP contribution in [-0.2, 0) is 12.7 Å². The van der Waals surface area contributed by atoms with Crippen LogP contribution in [0, 0.1) is 0 Å². The van der Waals surface area contributed by atoms with Gasteiger partial charge in [-0.1, -0.05) is 30.3 Å². The van der Waals surface area contributed by atoms with Gasteiger partial charge in [0.05, 0.1) is 18.8 Å². The summed E-state index contributed by atoms with van der Waals surface area (Å²) >= 11 is 0. The minimum absolute atomic E-state index is 0.0124. The topological polar surface area (TPSA) is 85.4 Å². The molecule has 2 aromatic rings. The molecule has 0 saturated carbocycles. The predicted molar refractivity (Wildman–Crippen MR) is 81.8 cm³/mol. The van der Waals surface area contributed by atoms with E-state index in [2.05, 4.69) is 10.3 Å². The number of hydrogen-bond acceptors (Lipinski definition) is 4. The number of anilines is 1. The second-order valence-electron chi connectivity index (χ2n) is 5.15. The molecule has 1 aromatic heterocycles. The van der Waals surface area contributed by atoms with E-state index in [4.69, 9.17) is 0 Å². The van der Waals surface area contributed by atoms with Crippen molar-refractivity contribution >= 4 is 27.6 Å². The van der Waals surface area contributed by atoms with Crippen molar-refractivity contribution in [1.29, 1.82) is 0 Å². The number of urea groups is 1. The molecule has 114 valence electrons. The molecule has 0 bridgehead atoms. The van der Waals surface area contributed by atoms with Crippen LogP contribution in [0.4, 0.5) is 9.93 Å². The maximum Gasteiger partial charge on any atom is 0.351 e. The summed E-state index contributed by atoms with van der Waals surface area (Å²) in [5.41, 5.74) is 1.15. The number of aromatic nitrogens is 1. The molecule has 6 nitrogen and oxygen atoms in total. The van der Waals surface area contributed by atoms with E-state index < -0.39 is 16.4 Å². The number of hydrogen-bond donors (Lipinski definition) is 1. The Morgan fingerprint density at radius 1 is 1.45 bits per heavy atom. The Hall–Kier alpha value is -2.41. The number of nitrogens with one attached hydrogen (secondary N) is 1. The third-order valence-corrected chi connectivity index (χ3v) is 5.43. The normalized spacial score (nSPS) is 18.4. The van der Waals surface area contributed by atoms with E-state index in [9.17, 15) is 14.7 Å². The number of rotatable bonds is 4. The molecular formula is C15H15N3O3S. The molecule has 3 rings (SSSR count). The fourth-order valence-electron chi connectivity index (χ4n) is 2.56. The number of benzene rings is 1. The van der Waals surface area contributed by atoms with Crippen LogP contribution in [0.1, 0.15) is 15.2 Å². The lowest BCUT2D eigenvalue weighted by Gasteiger charge is -2.09. The Labute approximate surface area is 130 Å². The van der Waals surface area contributed by atoms with Gasteiger partial charge in [0.15, 0.2) is 0 Å². The fourth-order valence-corrected chi connectivity index (χ4v) is 3.92. The molecule has 2 atom stereocenters. The molecule has 0 aliphatic carbocycles. The highest BCUT2D eigenvalue weighted by molar-refractivity contribution is 7.34. The second kappa shape index (κ2) is 5.76. The number of carbonyl (C=O) groups excluding carboxylic acids is 2. The van der Waals surface area contributed by atoms with Gasteiger partial charge >= 0.3 is 11.2 Å². The van der Waals surface area contributed by atoms with Gasteiger partial charge in [-0.05, 0) is 12.0 Å². The molecule has 0 spiro atoms. The van der Waals surface area contributed by atoms with Gasteiger partial charge in [-0.15, -0.1) is 0 Å². The van der Waals surface area contributed by atoms with Crippen molar-refractivity contribution in [1.82, 2.24) is 10.3 Å². The average molecular weight is 317 g/mol. The van der Waals surface area contributed by atoms with E-state index in [1.807, 2.05) is 30.3 Å². The third kappa shape index (κ3) is 2.67. The molecule has 0 radical (unpaired) electrons. The van der Waals surface area contributed by atoms with Crippen molar-refractivity contribution in [2.75, 3.05) is 11.4 Å². The van der Waals surface area contributed by atoms with Gasteiger partial charge in [-0.3, -0.25) is 0 Å². The van der Waals surface area contributed by atoms with Gasteiger partial charge in [0.25, 0.3) is 0 Å². The minimum atomic E-state index is -1.23. The van der Waals surface area contributed by atoms with E-state index in [1.54, 1.807) is 6.26 Å². The quantitative estimate of drug-likeness (QED) is 0.848. The van der Waals surface area contributed by atoms with Crippen molar-refractivity contribution in [3.8, 4) is 0 Å². The first kappa shape index (κ1) is 14.5. The van der Waals surface area contributed by atoms with Crippen LogP contribution in [0.5, 0.6) is 0 Å². The first-order valence-corrected chi connectivity index (χ1v) is 8.47. The summed E-state index contributed by atoms with van der Waals surface area (Å²) in [6.07, 6.45) is 3.76.